The molecule has 3 rings (SSSR count). The highest BCUT2D eigenvalue weighted by Gasteiger charge is 2.33. The summed E-state index contributed by atoms with van der Waals surface area (Å²) >= 11 is 0. The molecule has 0 spiro atoms. The largest absolute Gasteiger partial charge is 0.507 e. The minimum Gasteiger partial charge on any atom is -0.507 e. The lowest BCUT2D eigenvalue weighted by Crippen LogP contribution is -2.12. The van der Waals surface area contributed by atoms with E-state index in [1.165, 1.54) is 48.5 Å². The van der Waals surface area contributed by atoms with Gasteiger partial charge in [0.2, 0.25) is 10.0 Å². The van der Waals surface area contributed by atoms with Gasteiger partial charge in [-0.05, 0) is 34.9 Å². The number of sulfonamides is 1. The lowest BCUT2D eigenvalue weighted by Gasteiger charge is -2.13. The monoisotopic (exact) mass is 435 g/mol. The molecule has 0 bridgehead atoms. The average Bonchev–Trinajstić information content (AvgIpc) is 2.66. The number of ketones is 1. The minimum absolute atomic E-state index is 0.00695. The van der Waals surface area contributed by atoms with E-state index in [0.29, 0.717) is 11.1 Å². The third kappa shape index (κ3) is 4.69. The van der Waals surface area contributed by atoms with Crippen molar-refractivity contribution >= 4 is 15.8 Å². The first-order valence-electron chi connectivity index (χ1n) is 8.61. The SMILES string of the molecule is NS(=O)(=O)c1ccc(CC(=O)c2ccc(-c3ccccc3C(F)(F)F)cc2)cc1O. The number of hydrogen-bond acceptors (Lipinski definition) is 4. The van der Waals surface area contributed by atoms with E-state index in [4.69, 9.17) is 5.14 Å². The smallest absolute Gasteiger partial charge is 0.417 e. The molecule has 156 valence electrons. The van der Waals surface area contributed by atoms with Crippen LogP contribution in [0.5, 0.6) is 5.75 Å². The summed E-state index contributed by atoms with van der Waals surface area (Å²) in [6.07, 6.45) is -4.65. The summed E-state index contributed by atoms with van der Waals surface area (Å²) in [5.41, 5.74) is 0.172. The van der Waals surface area contributed by atoms with Gasteiger partial charge in [0, 0.05) is 12.0 Å². The Labute approximate surface area is 170 Å². The van der Waals surface area contributed by atoms with Gasteiger partial charge in [0.25, 0.3) is 0 Å². The molecule has 0 saturated carbocycles. The Morgan fingerprint density at radius 1 is 0.967 bits per heavy atom. The fourth-order valence-electron chi connectivity index (χ4n) is 3.02. The van der Waals surface area contributed by atoms with Crippen LogP contribution >= 0.6 is 0 Å². The summed E-state index contributed by atoms with van der Waals surface area (Å²) in [5, 5.41) is 14.8. The molecule has 3 aromatic rings. The number of primary sulfonamides is 1. The molecule has 3 N–H and O–H groups in total. The zero-order valence-electron chi connectivity index (χ0n) is 15.3. The van der Waals surface area contributed by atoms with Crippen LogP contribution in [0.25, 0.3) is 11.1 Å². The molecule has 9 heteroatoms. The van der Waals surface area contributed by atoms with E-state index < -0.39 is 32.4 Å². The Kier molecular flexibility index (Phi) is 5.69. The molecule has 0 fully saturated rings. The van der Waals surface area contributed by atoms with Crippen LogP contribution in [0.15, 0.2) is 71.6 Å². The molecule has 0 aliphatic rings. The minimum atomic E-state index is -4.50. The fraction of sp³-hybridized carbons (Fsp3) is 0.0952. The molecule has 0 saturated heterocycles. The maximum Gasteiger partial charge on any atom is 0.417 e. The van der Waals surface area contributed by atoms with Crippen LogP contribution in [0.4, 0.5) is 13.2 Å². The second-order valence-corrected chi connectivity index (χ2v) is 8.10. The molecule has 0 unspecified atom stereocenters. The highest BCUT2D eigenvalue weighted by Crippen LogP contribution is 2.37. The summed E-state index contributed by atoms with van der Waals surface area (Å²) in [6, 6.07) is 14.4. The van der Waals surface area contributed by atoms with Crippen LogP contribution in [0, 0.1) is 0 Å². The number of aromatic hydroxyl groups is 1. The van der Waals surface area contributed by atoms with E-state index >= 15 is 0 Å². The number of benzene rings is 3. The Balaban J connectivity index is 1.83. The number of phenols is 1. The van der Waals surface area contributed by atoms with Crippen molar-refractivity contribution < 1.29 is 31.5 Å². The first kappa shape index (κ1) is 21.5. The van der Waals surface area contributed by atoms with Crippen molar-refractivity contribution in [3.63, 3.8) is 0 Å². The van der Waals surface area contributed by atoms with E-state index in [9.17, 15) is 31.5 Å². The Bertz CT molecular complexity index is 1200. The standard InChI is InChI=1S/C21H16F3NO4S/c22-21(23,24)17-4-2-1-3-16(17)14-6-8-15(9-7-14)18(26)11-13-5-10-20(19(27)12-13)30(25,28)29/h1-10,12,27H,11H2,(H2,25,28,29). The molecule has 5 nitrogen and oxygen atoms in total. The number of Topliss-reactive ketones (excluding diaryl/α,β-unsaturated/α-hetero) is 1. The molecule has 0 heterocycles. The first-order valence-corrected chi connectivity index (χ1v) is 10.2. The van der Waals surface area contributed by atoms with E-state index in [0.717, 1.165) is 18.2 Å². The summed E-state index contributed by atoms with van der Waals surface area (Å²) in [5.74, 6) is -0.921. The topological polar surface area (TPSA) is 97.5 Å². The highest BCUT2D eigenvalue weighted by atomic mass is 32.2. The molecule has 30 heavy (non-hydrogen) atoms. The van der Waals surface area contributed by atoms with Gasteiger partial charge in [0.1, 0.15) is 10.6 Å². The highest BCUT2D eigenvalue weighted by molar-refractivity contribution is 7.89. The Morgan fingerprint density at radius 3 is 2.17 bits per heavy atom. The number of carbonyl (C=O) groups is 1. The number of phenolic OH excluding ortho intramolecular Hbond substituents is 1. The molecule has 0 atom stereocenters. The van der Waals surface area contributed by atoms with Gasteiger partial charge in [-0.2, -0.15) is 13.2 Å². The van der Waals surface area contributed by atoms with Gasteiger partial charge in [0.15, 0.2) is 5.78 Å². The number of carbonyl (C=O) groups excluding carboxylic acids is 1. The van der Waals surface area contributed by atoms with Crippen LogP contribution in [0.1, 0.15) is 21.5 Å². The summed E-state index contributed by atoms with van der Waals surface area (Å²) in [4.78, 5) is 12.0. The lowest BCUT2D eigenvalue weighted by molar-refractivity contribution is -0.137. The number of hydrogen-bond donors (Lipinski definition) is 2. The Hall–Kier alpha value is -3.17. The predicted octanol–water partition coefficient (Wildman–Crippen LogP) is 4.15. The van der Waals surface area contributed by atoms with E-state index in [1.54, 1.807) is 0 Å². The average molecular weight is 435 g/mol. The van der Waals surface area contributed by atoms with Crippen molar-refractivity contribution in [1.29, 1.82) is 0 Å². The summed E-state index contributed by atoms with van der Waals surface area (Å²) in [7, 11) is -4.09. The molecule has 0 aliphatic heterocycles. The van der Waals surface area contributed by atoms with Crippen molar-refractivity contribution in [2.24, 2.45) is 5.14 Å². The molecule has 3 aromatic carbocycles. The third-order valence-corrected chi connectivity index (χ3v) is 5.40. The van der Waals surface area contributed by atoms with E-state index in [-0.39, 0.29) is 23.3 Å². The van der Waals surface area contributed by atoms with Crippen LogP contribution in [-0.2, 0) is 22.6 Å². The molecular weight excluding hydrogens is 419 g/mol. The van der Waals surface area contributed by atoms with Crippen molar-refractivity contribution in [3.05, 3.63) is 83.4 Å². The molecular formula is C21H16F3NO4S. The van der Waals surface area contributed by atoms with Gasteiger partial charge in [-0.25, -0.2) is 13.6 Å². The number of nitrogens with two attached hydrogens (primary N) is 1. The van der Waals surface area contributed by atoms with Crippen LogP contribution in [0.2, 0.25) is 0 Å². The van der Waals surface area contributed by atoms with Gasteiger partial charge >= 0.3 is 6.18 Å². The summed E-state index contributed by atoms with van der Waals surface area (Å²) in [6.45, 7) is 0. The van der Waals surface area contributed by atoms with Crippen molar-refractivity contribution in [1.82, 2.24) is 0 Å². The number of halogens is 3. The van der Waals surface area contributed by atoms with E-state index in [2.05, 4.69) is 0 Å². The predicted molar refractivity (Wildman–Crippen MR) is 104 cm³/mol. The van der Waals surface area contributed by atoms with E-state index in [1.807, 2.05) is 0 Å². The maximum atomic E-state index is 13.2. The van der Waals surface area contributed by atoms with Crippen molar-refractivity contribution in [2.45, 2.75) is 17.5 Å². The fourth-order valence-corrected chi connectivity index (χ4v) is 3.63. The molecule has 0 radical (unpaired) electrons. The normalized spacial score (nSPS) is 12.0. The second-order valence-electron chi connectivity index (χ2n) is 6.57. The quantitative estimate of drug-likeness (QED) is 0.589. The second kappa shape index (κ2) is 7.92. The zero-order valence-corrected chi connectivity index (χ0v) is 16.2. The van der Waals surface area contributed by atoms with Crippen molar-refractivity contribution in [3.8, 4) is 16.9 Å². The zero-order chi connectivity index (χ0) is 22.1. The van der Waals surface area contributed by atoms with Crippen molar-refractivity contribution in [2.75, 3.05) is 0 Å². The van der Waals surface area contributed by atoms with Crippen LogP contribution in [-0.4, -0.2) is 19.3 Å². The number of alkyl halides is 3. The van der Waals surface area contributed by atoms with Gasteiger partial charge in [0.05, 0.1) is 5.56 Å². The van der Waals surface area contributed by atoms with Gasteiger partial charge in [-0.15, -0.1) is 0 Å². The summed E-state index contributed by atoms with van der Waals surface area (Å²) < 4.78 is 62.2. The van der Waals surface area contributed by atoms with Crippen LogP contribution < -0.4 is 5.14 Å². The maximum absolute atomic E-state index is 13.2. The molecule has 0 aromatic heterocycles. The Morgan fingerprint density at radius 2 is 1.60 bits per heavy atom. The number of rotatable bonds is 5. The van der Waals surface area contributed by atoms with Gasteiger partial charge in [-0.3, -0.25) is 4.79 Å². The van der Waals surface area contributed by atoms with Gasteiger partial charge in [-0.1, -0.05) is 48.5 Å². The molecule has 0 aliphatic carbocycles. The molecule has 0 amide bonds. The lowest BCUT2D eigenvalue weighted by atomic mass is 9.96. The first-order chi connectivity index (χ1) is 14.0. The van der Waals surface area contributed by atoms with Crippen LogP contribution in [0.3, 0.4) is 0 Å². The van der Waals surface area contributed by atoms with Gasteiger partial charge < -0.3 is 5.11 Å². The third-order valence-electron chi connectivity index (χ3n) is 4.44.